The highest BCUT2D eigenvalue weighted by atomic mass is 127. The van der Waals surface area contributed by atoms with E-state index in [2.05, 4.69) is 20.4 Å². The van der Waals surface area contributed by atoms with Crippen LogP contribution in [-0.4, -0.2) is 46.9 Å². The van der Waals surface area contributed by atoms with Crippen LogP contribution in [0.25, 0.3) is 0 Å². The summed E-state index contributed by atoms with van der Waals surface area (Å²) in [5, 5.41) is 5.86. The topological polar surface area (TPSA) is 89.0 Å². The molecule has 0 amide bonds. The fourth-order valence-electron chi connectivity index (χ4n) is 2.64. The molecule has 2 rings (SSSR count). The van der Waals surface area contributed by atoms with Crippen LogP contribution in [0.5, 0.6) is 11.5 Å². The number of sulfone groups is 1. The molecule has 11 heteroatoms. The second-order valence-corrected chi connectivity index (χ2v) is 8.15. The molecule has 2 aromatic rings. The van der Waals surface area contributed by atoms with Crippen LogP contribution in [-0.2, 0) is 16.4 Å². The van der Waals surface area contributed by atoms with E-state index < -0.39 is 16.4 Å². The molecule has 0 aliphatic carbocycles. The second kappa shape index (κ2) is 13.3. The van der Waals surface area contributed by atoms with E-state index >= 15 is 0 Å². The Balaban J connectivity index is 0.00000480. The third kappa shape index (κ3) is 8.48. The zero-order valence-electron chi connectivity index (χ0n) is 17.2. The molecule has 7 nitrogen and oxygen atoms in total. The van der Waals surface area contributed by atoms with Crippen LogP contribution in [0.2, 0.25) is 0 Å². The van der Waals surface area contributed by atoms with Crippen LogP contribution < -0.4 is 20.1 Å². The molecule has 0 saturated carbocycles. The molecule has 0 unspecified atom stereocenters. The molecule has 31 heavy (non-hydrogen) atoms. The predicted molar refractivity (Wildman–Crippen MR) is 126 cm³/mol. The molecule has 0 spiro atoms. The maximum Gasteiger partial charge on any atom is 0.387 e. The summed E-state index contributed by atoms with van der Waals surface area (Å²) in [6, 6.07) is 13.0. The summed E-state index contributed by atoms with van der Waals surface area (Å²) in [4.78, 5) is 4.27. The van der Waals surface area contributed by atoms with Gasteiger partial charge in [0.15, 0.2) is 27.3 Å². The molecule has 172 valence electrons. The van der Waals surface area contributed by atoms with Gasteiger partial charge in [-0.05, 0) is 25.1 Å². The Morgan fingerprint density at radius 3 is 2.42 bits per heavy atom. The molecule has 2 N–H and O–H groups in total. The first-order chi connectivity index (χ1) is 14.4. The van der Waals surface area contributed by atoms with Gasteiger partial charge in [0.1, 0.15) is 0 Å². The van der Waals surface area contributed by atoms with Crippen molar-refractivity contribution in [3.63, 3.8) is 0 Å². The molecular formula is C20H26F2IN3O4S. The van der Waals surface area contributed by atoms with E-state index in [0.29, 0.717) is 18.1 Å². The van der Waals surface area contributed by atoms with Crippen LogP contribution in [0.1, 0.15) is 12.5 Å². The van der Waals surface area contributed by atoms with Crippen LogP contribution in [0.15, 0.2) is 58.4 Å². The highest BCUT2D eigenvalue weighted by Gasteiger charge is 2.17. The molecule has 0 aliphatic heterocycles. The van der Waals surface area contributed by atoms with Crippen molar-refractivity contribution in [3.05, 3.63) is 54.1 Å². The maximum atomic E-state index is 12.8. The number of rotatable bonds is 10. The molecule has 0 atom stereocenters. The number of hydrogen-bond acceptors (Lipinski definition) is 5. The predicted octanol–water partition coefficient (Wildman–Crippen LogP) is 3.44. The molecular weight excluding hydrogens is 543 g/mol. The van der Waals surface area contributed by atoms with Gasteiger partial charge in [-0.3, -0.25) is 4.99 Å². The van der Waals surface area contributed by atoms with E-state index in [-0.39, 0.29) is 59.2 Å². The number of nitrogens with zero attached hydrogens (tertiary/aromatic N) is 1. The summed E-state index contributed by atoms with van der Waals surface area (Å²) in [7, 11) is -1.91. The Hall–Kier alpha value is -2.15. The van der Waals surface area contributed by atoms with Gasteiger partial charge in [0.25, 0.3) is 0 Å². The third-order valence-electron chi connectivity index (χ3n) is 4.00. The molecule has 0 aromatic heterocycles. The molecule has 0 heterocycles. The molecule has 0 aliphatic rings. The zero-order valence-corrected chi connectivity index (χ0v) is 20.3. The van der Waals surface area contributed by atoms with Crippen LogP contribution in [0.4, 0.5) is 8.78 Å². The Bertz CT molecular complexity index is 945. The third-order valence-corrected chi connectivity index (χ3v) is 5.73. The van der Waals surface area contributed by atoms with E-state index in [0.717, 1.165) is 0 Å². The number of benzene rings is 2. The Kier molecular flexibility index (Phi) is 11.5. The fraction of sp³-hybridized carbons (Fsp3) is 0.350. The summed E-state index contributed by atoms with van der Waals surface area (Å²) in [5.41, 5.74) is 0.445. The molecule has 0 radical (unpaired) electrons. The highest BCUT2D eigenvalue weighted by Crippen LogP contribution is 2.32. The van der Waals surface area contributed by atoms with Gasteiger partial charge >= 0.3 is 6.61 Å². The largest absolute Gasteiger partial charge is 0.490 e. The maximum absolute atomic E-state index is 12.8. The number of nitrogens with one attached hydrogen (secondary N) is 2. The quantitative estimate of drug-likeness (QED) is 0.259. The monoisotopic (exact) mass is 569 g/mol. The average molecular weight is 569 g/mol. The summed E-state index contributed by atoms with van der Waals surface area (Å²) in [6.07, 6.45) is 0. The van der Waals surface area contributed by atoms with Gasteiger partial charge in [-0.2, -0.15) is 8.78 Å². The number of para-hydroxylation sites is 1. The van der Waals surface area contributed by atoms with E-state index in [1.54, 1.807) is 43.3 Å². The number of ether oxygens (including phenoxy) is 2. The first-order valence-corrected chi connectivity index (χ1v) is 10.9. The van der Waals surface area contributed by atoms with Crippen molar-refractivity contribution in [2.24, 2.45) is 4.99 Å². The fourth-order valence-corrected chi connectivity index (χ4v) is 3.82. The van der Waals surface area contributed by atoms with Gasteiger partial charge in [-0.25, -0.2) is 8.42 Å². The lowest BCUT2D eigenvalue weighted by molar-refractivity contribution is -0.0520. The number of hydrogen-bond donors (Lipinski definition) is 2. The first-order valence-electron chi connectivity index (χ1n) is 9.29. The van der Waals surface area contributed by atoms with Gasteiger partial charge in [0, 0.05) is 25.7 Å². The number of aliphatic imine (C=N–C) groups is 1. The van der Waals surface area contributed by atoms with Crippen molar-refractivity contribution < 1.29 is 26.7 Å². The van der Waals surface area contributed by atoms with Gasteiger partial charge in [-0.15, -0.1) is 24.0 Å². The van der Waals surface area contributed by atoms with E-state index in [1.165, 1.54) is 19.2 Å². The van der Waals surface area contributed by atoms with Crippen LogP contribution in [0.3, 0.4) is 0 Å². The van der Waals surface area contributed by atoms with Crippen molar-refractivity contribution in [2.75, 3.05) is 26.0 Å². The molecule has 0 saturated heterocycles. The standard InChI is InChI=1S/C20H25F2N3O4S.HI/c1-3-28-17-11-7-8-15(18(17)29-19(21)22)14-25-20(23-2)24-12-13-30(26,27)16-9-5-4-6-10-16;/h4-11,19H,3,12-14H2,1-2H3,(H2,23,24,25);1H. The highest BCUT2D eigenvalue weighted by molar-refractivity contribution is 14.0. The minimum absolute atomic E-state index is 0. The van der Waals surface area contributed by atoms with Gasteiger partial charge < -0.3 is 20.1 Å². The summed E-state index contributed by atoms with van der Waals surface area (Å²) >= 11 is 0. The molecule has 0 bridgehead atoms. The van der Waals surface area contributed by atoms with Crippen molar-refractivity contribution in [1.82, 2.24) is 10.6 Å². The van der Waals surface area contributed by atoms with E-state index in [4.69, 9.17) is 4.74 Å². The van der Waals surface area contributed by atoms with E-state index in [9.17, 15) is 17.2 Å². The summed E-state index contributed by atoms with van der Waals surface area (Å²) in [6.45, 7) is -0.710. The average Bonchev–Trinajstić information content (AvgIpc) is 2.73. The lowest BCUT2D eigenvalue weighted by Gasteiger charge is -2.17. The molecule has 2 aromatic carbocycles. The lowest BCUT2D eigenvalue weighted by Crippen LogP contribution is -2.39. The van der Waals surface area contributed by atoms with Gasteiger partial charge in [0.2, 0.25) is 0 Å². The van der Waals surface area contributed by atoms with Crippen molar-refractivity contribution >= 4 is 39.8 Å². The number of alkyl halides is 2. The van der Waals surface area contributed by atoms with E-state index in [1.807, 2.05) is 0 Å². The summed E-state index contributed by atoms with van der Waals surface area (Å²) in [5.74, 6) is 0.359. The van der Waals surface area contributed by atoms with Gasteiger partial charge in [-0.1, -0.05) is 30.3 Å². The van der Waals surface area contributed by atoms with Crippen LogP contribution >= 0.6 is 24.0 Å². The zero-order chi connectivity index (χ0) is 22.0. The minimum Gasteiger partial charge on any atom is -0.490 e. The summed E-state index contributed by atoms with van der Waals surface area (Å²) < 4.78 is 60.3. The normalized spacial score (nSPS) is 11.6. The Labute approximate surface area is 198 Å². The van der Waals surface area contributed by atoms with Crippen LogP contribution in [0, 0.1) is 0 Å². The first kappa shape index (κ1) is 26.9. The Morgan fingerprint density at radius 1 is 1.10 bits per heavy atom. The van der Waals surface area contributed by atoms with Crippen molar-refractivity contribution in [2.45, 2.75) is 25.0 Å². The van der Waals surface area contributed by atoms with Crippen molar-refractivity contribution in [3.8, 4) is 11.5 Å². The molecule has 0 fully saturated rings. The Morgan fingerprint density at radius 2 is 1.81 bits per heavy atom. The minimum atomic E-state index is -3.43. The smallest absolute Gasteiger partial charge is 0.387 e. The van der Waals surface area contributed by atoms with Crippen molar-refractivity contribution in [1.29, 1.82) is 0 Å². The SMILES string of the molecule is CCOc1cccc(CNC(=NC)NCCS(=O)(=O)c2ccccc2)c1OC(F)F.I. The second-order valence-electron chi connectivity index (χ2n) is 6.04. The lowest BCUT2D eigenvalue weighted by atomic mass is 10.2. The van der Waals surface area contributed by atoms with Gasteiger partial charge in [0.05, 0.1) is 17.3 Å². The number of halogens is 3. The number of guanidine groups is 1.